The molecule has 5 rings (SSSR count). The zero-order valence-corrected chi connectivity index (χ0v) is 16.5. The third kappa shape index (κ3) is 3.10. The quantitative estimate of drug-likeness (QED) is 0.524. The van der Waals surface area contributed by atoms with E-state index in [1.165, 1.54) is 0 Å². The predicted molar refractivity (Wildman–Crippen MR) is 111 cm³/mol. The molecular formula is C23H22N4O2. The lowest BCUT2D eigenvalue weighted by Gasteiger charge is -2.19. The van der Waals surface area contributed by atoms with Crippen molar-refractivity contribution in [3.8, 4) is 11.6 Å². The Bertz CT molecular complexity index is 1170. The van der Waals surface area contributed by atoms with Gasteiger partial charge in [0.25, 0.3) is 5.91 Å². The van der Waals surface area contributed by atoms with Gasteiger partial charge in [-0.2, -0.15) is 0 Å². The van der Waals surface area contributed by atoms with Crippen LogP contribution in [0, 0.1) is 13.8 Å². The Balaban J connectivity index is 1.49. The van der Waals surface area contributed by atoms with Crippen LogP contribution in [0.1, 0.15) is 33.9 Å². The lowest BCUT2D eigenvalue weighted by Crippen LogP contribution is -2.29. The third-order valence-corrected chi connectivity index (χ3v) is 5.47. The Morgan fingerprint density at radius 2 is 1.97 bits per heavy atom. The standard InChI is InChI=1S/C23H22N4O2/c1-15-11-16(2)13-17(12-15)23(28)26-9-7-18(14-26)27-21-19(5-3-8-24-21)25-22(27)20-6-4-10-29-20/h3-6,8,10-13,18H,7,9,14H2,1-2H3/t18-/m0/s1. The molecule has 4 aromatic rings. The molecule has 1 aliphatic heterocycles. The lowest BCUT2D eigenvalue weighted by molar-refractivity contribution is 0.0787. The van der Waals surface area contributed by atoms with Crippen LogP contribution in [0.15, 0.2) is 59.3 Å². The van der Waals surface area contributed by atoms with E-state index < -0.39 is 0 Å². The van der Waals surface area contributed by atoms with Crippen LogP contribution < -0.4 is 0 Å². The molecule has 29 heavy (non-hydrogen) atoms. The summed E-state index contributed by atoms with van der Waals surface area (Å²) in [4.78, 5) is 24.4. The zero-order valence-electron chi connectivity index (χ0n) is 16.5. The number of carbonyl (C=O) groups is 1. The lowest BCUT2D eigenvalue weighted by atomic mass is 10.1. The molecule has 6 heteroatoms. The van der Waals surface area contributed by atoms with Gasteiger partial charge in [-0.05, 0) is 56.7 Å². The second kappa shape index (κ2) is 6.88. The number of aryl methyl sites for hydroxylation is 2. The van der Waals surface area contributed by atoms with Gasteiger partial charge in [0, 0.05) is 24.8 Å². The number of rotatable bonds is 3. The van der Waals surface area contributed by atoms with Crippen molar-refractivity contribution in [1.82, 2.24) is 19.4 Å². The van der Waals surface area contributed by atoms with Gasteiger partial charge in [0.05, 0.1) is 12.3 Å². The Hall–Kier alpha value is -3.41. The number of furan rings is 1. The Labute approximate surface area is 168 Å². The van der Waals surface area contributed by atoms with Crippen LogP contribution in [-0.4, -0.2) is 38.4 Å². The number of imidazole rings is 1. The number of fused-ring (bicyclic) bond motifs is 1. The van der Waals surface area contributed by atoms with Crippen molar-refractivity contribution in [2.24, 2.45) is 0 Å². The monoisotopic (exact) mass is 386 g/mol. The topological polar surface area (TPSA) is 64.2 Å². The van der Waals surface area contributed by atoms with Gasteiger partial charge in [0.2, 0.25) is 0 Å². The van der Waals surface area contributed by atoms with Gasteiger partial charge in [-0.25, -0.2) is 9.97 Å². The van der Waals surface area contributed by atoms with Crippen molar-refractivity contribution in [1.29, 1.82) is 0 Å². The molecule has 4 heterocycles. The highest BCUT2D eigenvalue weighted by atomic mass is 16.3. The molecule has 6 nitrogen and oxygen atoms in total. The minimum absolute atomic E-state index is 0.0798. The fourth-order valence-electron chi connectivity index (χ4n) is 4.27. The Kier molecular flexibility index (Phi) is 4.19. The van der Waals surface area contributed by atoms with Gasteiger partial charge < -0.3 is 13.9 Å². The second-order valence-electron chi connectivity index (χ2n) is 7.70. The van der Waals surface area contributed by atoms with Crippen molar-refractivity contribution in [2.75, 3.05) is 13.1 Å². The van der Waals surface area contributed by atoms with E-state index in [1.807, 2.05) is 55.1 Å². The first kappa shape index (κ1) is 17.7. The number of pyridine rings is 1. The maximum absolute atomic E-state index is 13.1. The normalized spacial score (nSPS) is 16.6. The molecule has 0 unspecified atom stereocenters. The summed E-state index contributed by atoms with van der Waals surface area (Å²) in [5, 5.41) is 0. The molecule has 1 saturated heterocycles. The number of hydrogen-bond acceptors (Lipinski definition) is 4. The van der Waals surface area contributed by atoms with Crippen molar-refractivity contribution in [3.05, 3.63) is 71.6 Å². The molecule has 0 radical (unpaired) electrons. The average molecular weight is 386 g/mol. The van der Waals surface area contributed by atoms with Crippen LogP contribution in [0.2, 0.25) is 0 Å². The average Bonchev–Trinajstić information content (AvgIpc) is 3.44. The van der Waals surface area contributed by atoms with Gasteiger partial charge in [-0.3, -0.25) is 4.79 Å². The molecule has 1 amide bonds. The molecule has 146 valence electrons. The molecule has 1 fully saturated rings. The molecule has 0 aliphatic carbocycles. The number of hydrogen-bond donors (Lipinski definition) is 0. The van der Waals surface area contributed by atoms with E-state index in [9.17, 15) is 4.79 Å². The molecule has 1 aliphatic rings. The fourth-order valence-corrected chi connectivity index (χ4v) is 4.27. The SMILES string of the molecule is Cc1cc(C)cc(C(=O)N2CC[C@H](n3c(-c4ccco4)nc4cccnc43)C2)c1. The fraction of sp³-hybridized carbons (Fsp3) is 0.261. The predicted octanol–water partition coefficient (Wildman–Crippen LogP) is 4.40. The first-order chi connectivity index (χ1) is 14.1. The molecule has 1 atom stereocenters. The van der Waals surface area contributed by atoms with Gasteiger partial charge in [-0.1, -0.05) is 17.2 Å². The minimum atomic E-state index is 0.0798. The number of amides is 1. The van der Waals surface area contributed by atoms with E-state index in [1.54, 1.807) is 12.5 Å². The van der Waals surface area contributed by atoms with E-state index >= 15 is 0 Å². The summed E-state index contributed by atoms with van der Waals surface area (Å²) in [6, 6.07) is 13.7. The molecule has 3 aromatic heterocycles. The molecule has 0 saturated carbocycles. The van der Waals surface area contributed by atoms with Gasteiger partial charge in [0.15, 0.2) is 17.2 Å². The van der Waals surface area contributed by atoms with Crippen LogP contribution in [0.4, 0.5) is 0 Å². The number of benzene rings is 1. The smallest absolute Gasteiger partial charge is 0.253 e. The van der Waals surface area contributed by atoms with Gasteiger partial charge in [-0.15, -0.1) is 0 Å². The van der Waals surface area contributed by atoms with Crippen LogP contribution in [-0.2, 0) is 0 Å². The largest absolute Gasteiger partial charge is 0.461 e. The highest BCUT2D eigenvalue weighted by Gasteiger charge is 2.31. The van der Waals surface area contributed by atoms with Crippen molar-refractivity contribution in [3.63, 3.8) is 0 Å². The summed E-state index contributed by atoms with van der Waals surface area (Å²) in [6.07, 6.45) is 4.28. The summed E-state index contributed by atoms with van der Waals surface area (Å²) >= 11 is 0. The highest BCUT2D eigenvalue weighted by Crippen LogP contribution is 2.32. The molecule has 0 N–H and O–H groups in total. The number of nitrogens with zero attached hydrogens (tertiary/aromatic N) is 4. The van der Waals surface area contributed by atoms with Crippen LogP contribution in [0.25, 0.3) is 22.7 Å². The molecule has 1 aromatic carbocycles. The number of likely N-dealkylation sites (tertiary alicyclic amines) is 1. The van der Waals surface area contributed by atoms with Crippen LogP contribution in [0.5, 0.6) is 0 Å². The van der Waals surface area contributed by atoms with Crippen LogP contribution >= 0.6 is 0 Å². The Morgan fingerprint density at radius 1 is 1.14 bits per heavy atom. The number of carbonyl (C=O) groups excluding carboxylic acids is 1. The summed E-state index contributed by atoms with van der Waals surface area (Å²) in [7, 11) is 0. The van der Waals surface area contributed by atoms with Crippen molar-refractivity contribution < 1.29 is 9.21 Å². The second-order valence-corrected chi connectivity index (χ2v) is 7.70. The zero-order chi connectivity index (χ0) is 20.0. The summed E-state index contributed by atoms with van der Waals surface area (Å²) in [5.41, 5.74) is 4.62. The maximum atomic E-state index is 13.1. The number of aromatic nitrogens is 3. The van der Waals surface area contributed by atoms with E-state index in [0.29, 0.717) is 18.8 Å². The highest BCUT2D eigenvalue weighted by molar-refractivity contribution is 5.94. The summed E-state index contributed by atoms with van der Waals surface area (Å²) < 4.78 is 7.76. The minimum Gasteiger partial charge on any atom is -0.461 e. The molecule has 0 bridgehead atoms. The first-order valence-electron chi connectivity index (χ1n) is 9.84. The third-order valence-electron chi connectivity index (χ3n) is 5.47. The van der Waals surface area contributed by atoms with E-state index in [0.717, 1.165) is 40.1 Å². The summed E-state index contributed by atoms with van der Waals surface area (Å²) in [6.45, 7) is 5.38. The maximum Gasteiger partial charge on any atom is 0.253 e. The summed E-state index contributed by atoms with van der Waals surface area (Å²) in [5.74, 6) is 1.55. The van der Waals surface area contributed by atoms with E-state index in [2.05, 4.69) is 15.6 Å². The molecular weight excluding hydrogens is 364 g/mol. The van der Waals surface area contributed by atoms with Gasteiger partial charge >= 0.3 is 0 Å². The van der Waals surface area contributed by atoms with Crippen molar-refractivity contribution >= 4 is 17.1 Å². The molecule has 0 spiro atoms. The van der Waals surface area contributed by atoms with Gasteiger partial charge in [0.1, 0.15) is 5.52 Å². The first-order valence-corrected chi connectivity index (χ1v) is 9.84. The van der Waals surface area contributed by atoms with Crippen LogP contribution in [0.3, 0.4) is 0 Å². The Morgan fingerprint density at radius 3 is 2.72 bits per heavy atom. The van der Waals surface area contributed by atoms with Crippen molar-refractivity contribution in [2.45, 2.75) is 26.3 Å². The van der Waals surface area contributed by atoms with E-state index in [4.69, 9.17) is 9.40 Å². The van der Waals surface area contributed by atoms with E-state index in [-0.39, 0.29) is 11.9 Å².